The molecule has 1 aliphatic rings. The molecule has 0 saturated carbocycles. The minimum absolute atomic E-state index is 0.0191. The second-order valence-corrected chi connectivity index (χ2v) is 9.31. The van der Waals surface area contributed by atoms with Gasteiger partial charge in [0.05, 0.1) is 4.91 Å². The van der Waals surface area contributed by atoms with Gasteiger partial charge in [0.2, 0.25) is 5.91 Å². The lowest BCUT2D eigenvalue weighted by atomic mass is 10.2. The van der Waals surface area contributed by atoms with E-state index in [-0.39, 0.29) is 24.7 Å². The van der Waals surface area contributed by atoms with E-state index in [2.05, 4.69) is 5.32 Å². The van der Waals surface area contributed by atoms with Crippen molar-refractivity contribution in [2.45, 2.75) is 32.3 Å². The molecule has 178 valence electrons. The Morgan fingerprint density at radius 3 is 2.65 bits per heavy atom. The number of rotatable bonds is 12. The minimum Gasteiger partial charge on any atom is -0.489 e. The van der Waals surface area contributed by atoms with Crippen LogP contribution in [0.1, 0.15) is 36.8 Å². The van der Waals surface area contributed by atoms with Gasteiger partial charge in [0, 0.05) is 25.9 Å². The van der Waals surface area contributed by atoms with Crippen LogP contribution in [0.5, 0.6) is 5.75 Å². The molecular weight excluding hydrogens is 472 g/mol. The van der Waals surface area contributed by atoms with E-state index in [1.165, 1.54) is 16.7 Å². The Hall–Kier alpha value is -3.17. The van der Waals surface area contributed by atoms with Gasteiger partial charge in [-0.05, 0) is 42.2 Å². The van der Waals surface area contributed by atoms with E-state index in [1.54, 1.807) is 6.08 Å². The molecule has 1 heterocycles. The quantitative estimate of drug-likeness (QED) is 0.257. The molecule has 0 unspecified atom stereocenters. The SMILES string of the molecule is O=C(O)CCCNC(=O)CCCN1C(=O)/C(=C/c2cccc(OCc3ccccc3)c2)SC1=S. The number of carbonyl (C=O) groups is 3. The summed E-state index contributed by atoms with van der Waals surface area (Å²) >= 11 is 6.61. The van der Waals surface area contributed by atoms with Gasteiger partial charge >= 0.3 is 5.97 Å². The summed E-state index contributed by atoms with van der Waals surface area (Å²) in [5, 5.41) is 11.3. The normalized spacial score (nSPS) is 14.5. The number of carboxylic acids is 1. The van der Waals surface area contributed by atoms with Gasteiger partial charge in [-0.25, -0.2) is 0 Å². The highest BCUT2D eigenvalue weighted by Crippen LogP contribution is 2.33. The summed E-state index contributed by atoms with van der Waals surface area (Å²) in [6, 6.07) is 17.4. The number of carbonyl (C=O) groups excluding carboxylic acids is 2. The summed E-state index contributed by atoms with van der Waals surface area (Å²) < 4.78 is 6.33. The Bertz CT molecular complexity index is 1070. The van der Waals surface area contributed by atoms with E-state index in [0.717, 1.165) is 11.1 Å². The predicted molar refractivity (Wildman–Crippen MR) is 136 cm³/mol. The van der Waals surface area contributed by atoms with Gasteiger partial charge in [0.25, 0.3) is 5.91 Å². The van der Waals surface area contributed by atoms with Crippen LogP contribution in [0.4, 0.5) is 0 Å². The second kappa shape index (κ2) is 12.9. The van der Waals surface area contributed by atoms with Crippen molar-refractivity contribution in [2.75, 3.05) is 13.1 Å². The Balaban J connectivity index is 1.49. The highest BCUT2D eigenvalue weighted by atomic mass is 32.2. The number of benzene rings is 2. The molecule has 0 bridgehead atoms. The van der Waals surface area contributed by atoms with Crippen molar-refractivity contribution < 1.29 is 24.2 Å². The molecule has 2 aromatic carbocycles. The average molecular weight is 499 g/mol. The molecule has 34 heavy (non-hydrogen) atoms. The Morgan fingerprint density at radius 1 is 1.09 bits per heavy atom. The molecule has 1 aliphatic heterocycles. The third kappa shape index (κ3) is 8.00. The summed E-state index contributed by atoms with van der Waals surface area (Å²) in [6.45, 7) is 1.13. The zero-order valence-corrected chi connectivity index (χ0v) is 20.2. The van der Waals surface area contributed by atoms with Crippen molar-refractivity contribution in [1.82, 2.24) is 10.2 Å². The zero-order chi connectivity index (χ0) is 24.3. The smallest absolute Gasteiger partial charge is 0.303 e. The molecule has 0 spiro atoms. The lowest BCUT2D eigenvalue weighted by Gasteiger charge is -2.14. The second-order valence-electron chi connectivity index (χ2n) is 7.63. The Kier molecular flexibility index (Phi) is 9.66. The molecule has 0 radical (unpaired) electrons. The number of thiocarbonyl (C=S) groups is 1. The van der Waals surface area contributed by atoms with E-state index >= 15 is 0 Å². The predicted octanol–water partition coefficient (Wildman–Crippen LogP) is 4.23. The summed E-state index contributed by atoms with van der Waals surface area (Å²) in [6.07, 6.45) is 2.91. The van der Waals surface area contributed by atoms with Crippen LogP contribution in [-0.4, -0.2) is 45.2 Å². The van der Waals surface area contributed by atoms with E-state index in [4.69, 9.17) is 22.1 Å². The molecule has 2 aromatic rings. The fourth-order valence-electron chi connectivity index (χ4n) is 3.23. The lowest BCUT2D eigenvalue weighted by molar-refractivity contribution is -0.137. The van der Waals surface area contributed by atoms with Gasteiger partial charge in [-0.3, -0.25) is 19.3 Å². The highest BCUT2D eigenvalue weighted by molar-refractivity contribution is 8.26. The van der Waals surface area contributed by atoms with E-state index in [1.807, 2.05) is 54.6 Å². The van der Waals surface area contributed by atoms with Crippen LogP contribution in [0.25, 0.3) is 6.08 Å². The number of hydrogen-bond donors (Lipinski definition) is 2. The van der Waals surface area contributed by atoms with Crippen LogP contribution in [0.2, 0.25) is 0 Å². The maximum atomic E-state index is 12.8. The highest BCUT2D eigenvalue weighted by Gasteiger charge is 2.31. The first-order valence-corrected chi connectivity index (χ1v) is 12.2. The average Bonchev–Trinajstić information content (AvgIpc) is 3.08. The molecule has 9 heteroatoms. The van der Waals surface area contributed by atoms with E-state index in [0.29, 0.717) is 47.5 Å². The number of ether oxygens (including phenoxy) is 1. The molecular formula is C25H26N2O5S2. The van der Waals surface area contributed by atoms with Crippen molar-refractivity contribution >= 4 is 52.2 Å². The van der Waals surface area contributed by atoms with Crippen LogP contribution >= 0.6 is 24.0 Å². The molecule has 7 nitrogen and oxygen atoms in total. The van der Waals surface area contributed by atoms with Crippen molar-refractivity contribution in [2.24, 2.45) is 0 Å². The van der Waals surface area contributed by atoms with Gasteiger partial charge in [0.15, 0.2) is 0 Å². The number of nitrogens with zero attached hydrogens (tertiary/aromatic N) is 1. The van der Waals surface area contributed by atoms with Gasteiger partial charge in [0.1, 0.15) is 16.7 Å². The van der Waals surface area contributed by atoms with Gasteiger partial charge in [-0.2, -0.15) is 0 Å². The van der Waals surface area contributed by atoms with Crippen molar-refractivity contribution in [1.29, 1.82) is 0 Å². The van der Waals surface area contributed by atoms with Crippen LogP contribution in [0.3, 0.4) is 0 Å². The Labute approximate surface area is 208 Å². The van der Waals surface area contributed by atoms with Gasteiger partial charge in [-0.15, -0.1) is 0 Å². The maximum Gasteiger partial charge on any atom is 0.303 e. The van der Waals surface area contributed by atoms with Crippen molar-refractivity contribution in [3.63, 3.8) is 0 Å². The van der Waals surface area contributed by atoms with Crippen molar-refractivity contribution in [3.05, 3.63) is 70.6 Å². The molecule has 1 fully saturated rings. The summed E-state index contributed by atoms with van der Waals surface area (Å²) in [5.74, 6) is -0.517. The number of nitrogens with one attached hydrogen (secondary N) is 1. The van der Waals surface area contributed by atoms with Crippen molar-refractivity contribution in [3.8, 4) is 5.75 Å². The number of carboxylic acid groups (broad SMARTS) is 1. The summed E-state index contributed by atoms with van der Waals surface area (Å²) in [7, 11) is 0. The van der Waals surface area contributed by atoms with Crippen LogP contribution in [0.15, 0.2) is 59.5 Å². The lowest BCUT2D eigenvalue weighted by Crippen LogP contribution is -2.31. The largest absolute Gasteiger partial charge is 0.489 e. The Morgan fingerprint density at radius 2 is 1.88 bits per heavy atom. The first-order chi connectivity index (χ1) is 16.4. The number of hydrogen-bond acceptors (Lipinski definition) is 6. The summed E-state index contributed by atoms with van der Waals surface area (Å²) in [4.78, 5) is 37.2. The molecule has 0 atom stereocenters. The fraction of sp³-hybridized carbons (Fsp3) is 0.280. The number of thioether (sulfide) groups is 1. The molecule has 0 aromatic heterocycles. The van der Waals surface area contributed by atoms with Crippen LogP contribution in [-0.2, 0) is 21.0 Å². The maximum absolute atomic E-state index is 12.8. The zero-order valence-electron chi connectivity index (χ0n) is 18.6. The third-order valence-corrected chi connectivity index (χ3v) is 6.33. The molecule has 2 amide bonds. The van der Waals surface area contributed by atoms with Gasteiger partial charge in [-0.1, -0.05) is 66.4 Å². The first-order valence-electron chi connectivity index (χ1n) is 10.9. The minimum atomic E-state index is -0.886. The number of amides is 2. The number of aliphatic carboxylic acids is 1. The molecule has 1 saturated heterocycles. The standard InChI is InChI=1S/C25H26N2O5S2/c28-22(26-13-5-12-23(29)30)11-6-14-27-24(31)21(34-25(27)33)16-19-9-4-10-20(15-19)32-17-18-7-2-1-3-8-18/h1-4,7-10,15-16H,5-6,11-14,17H2,(H,26,28)(H,29,30)/b21-16-. The van der Waals surface area contributed by atoms with Crippen LogP contribution in [0, 0.1) is 0 Å². The molecule has 0 aliphatic carbocycles. The van der Waals surface area contributed by atoms with Crippen LogP contribution < -0.4 is 10.1 Å². The fourth-order valence-corrected chi connectivity index (χ4v) is 4.54. The first kappa shape index (κ1) is 25.5. The topological polar surface area (TPSA) is 95.9 Å². The molecule has 3 rings (SSSR count). The van der Waals surface area contributed by atoms with E-state index < -0.39 is 5.97 Å². The van der Waals surface area contributed by atoms with E-state index in [9.17, 15) is 14.4 Å². The van der Waals surface area contributed by atoms with Gasteiger partial charge < -0.3 is 15.2 Å². The molecule has 2 N–H and O–H groups in total. The third-order valence-electron chi connectivity index (χ3n) is 4.95. The summed E-state index contributed by atoms with van der Waals surface area (Å²) in [5.41, 5.74) is 1.91. The monoisotopic (exact) mass is 498 g/mol.